The van der Waals surface area contributed by atoms with Gasteiger partial charge in [0.1, 0.15) is 5.69 Å². The first-order valence-corrected chi connectivity index (χ1v) is 7.89. The van der Waals surface area contributed by atoms with Gasteiger partial charge in [-0.2, -0.15) is 0 Å². The SMILES string of the molecule is CCCc1ccccc1Cn1cc(-c2cncc(C(N)=O)c2)nn1. The highest BCUT2D eigenvalue weighted by molar-refractivity contribution is 5.93. The van der Waals surface area contributed by atoms with Crippen molar-refractivity contribution in [2.45, 2.75) is 26.3 Å². The molecule has 122 valence electrons. The van der Waals surface area contributed by atoms with E-state index in [1.165, 1.54) is 17.3 Å². The lowest BCUT2D eigenvalue weighted by Gasteiger charge is -2.07. The van der Waals surface area contributed by atoms with Crippen molar-refractivity contribution in [3.63, 3.8) is 0 Å². The van der Waals surface area contributed by atoms with Crippen LogP contribution in [0.15, 0.2) is 48.9 Å². The minimum absolute atomic E-state index is 0.357. The van der Waals surface area contributed by atoms with E-state index in [0.29, 0.717) is 17.8 Å². The number of amides is 1. The molecule has 24 heavy (non-hydrogen) atoms. The first-order valence-electron chi connectivity index (χ1n) is 7.89. The number of nitrogens with zero attached hydrogens (tertiary/aromatic N) is 4. The second kappa shape index (κ2) is 7.04. The Labute approximate surface area is 140 Å². The zero-order valence-corrected chi connectivity index (χ0v) is 13.5. The Morgan fingerprint density at radius 3 is 2.75 bits per heavy atom. The zero-order valence-electron chi connectivity index (χ0n) is 13.5. The molecule has 2 heterocycles. The molecule has 0 bridgehead atoms. The van der Waals surface area contributed by atoms with Gasteiger partial charge in [-0.25, -0.2) is 4.68 Å². The Morgan fingerprint density at radius 1 is 1.21 bits per heavy atom. The number of carbonyl (C=O) groups is 1. The van der Waals surface area contributed by atoms with Crippen molar-refractivity contribution in [1.82, 2.24) is 20.0 Å². The lowest BCUT2D eigenvalue weighted by atomic mass is 10.0. The summed E-state index contributed by atoms with van der Waals surface area (Å²) in [6.07, 6.45) is 7.08. The molecule has 0 aliphatic rings. The number of aromatic nitrogens is 4. The molecule has 3 aromatic rings. The predicted molar refractivity (Wildman–Crippen MR) is 91.3 cm³/mol. The van der Waals surface area contributed by atoms with Gasteiger partial charge < -0.3 is 5.73 Å². The topological polar surface area (TPSA) is 86.7 Å². The van der Waals surface area contributed by atoms with E-state index in [1.54, 1.807) is 16.9 Å². The van der Waals surface area contributed by atoms with Crippen LogP contribution < -0.4 is 5.73 Å². The average molecular weight is 321 g/mol. The standard InChI is InChI=1S/C18H19N5O/c1-2-5-13-6-3-4-7-14(13)11-23-12-17(21-22-23)15-8-16(18(19)24)10-20-9-15/h3-4,6-10,12H,2,5,11H2,1H3,(H2,19,24). The molecule has 0 atom stereocenters. The van der Waals surface area contributed by atoms with Crippen LogP contribution in [0.5, 0.6) is 0 Å². The third-order valence-electron chi connectivity index (χ3n) is 3.83. The number of benzene rings is 1. The minimum Gasteiger partial charge on any atom is -0.366 e. The monoisotopic (exact) mass is 321 g/mol. The van der Waals surface area contributed by atoms with E-state index < -0.39 is 5.91 Å². The van der Waals surface area contributed by atoms with E-state index in [4.69, 9.17) is 5.73 Å². The van der Waals surface area contributed by atoms with Gasteiger partial charge in [-0.05, 0) is 23.6 Å². The average Bonchev–Trinajstić information content (AvgIpc) is 3.05. The number of aryl methyl sites for hydroxylation is 1. The van der Waals surface area contributed by atoms with E-state index in [0.717, 1.165) is 18.4 Å². The molecular formula is C18H19N5O. The highest BCUT2D eigenvalue weighted by atomic mass is 16.1. The van der Waals surface area contributed by atoms with Gasteiger partial charge in [0, 0.05) is 18.0 Å². The molecule has 0 fully saturated rings. The van der Waals surface area contributed by atoms with Gasteiger partial charge in [0.25, 0.3) is 0 Å². The van der Waals surface area contributed by atoms with Crippen molar-refractivity contribution in [2.24, 2.45) is 5.73 Å². The summed E-state index contributed by atoms with van der Waals surface area (Å²) in [5.41, 5.74) is 9.60. The van der Waals surface area contributed by atoms with Gasteiger partial charge >= 0.3 is 0 Å². The quantitative estimate of drug-likeness (QED) is 0.755. The molecule has 0 saturated heterocycles. The Balaban J connectivity index is 1.84. The molecule has 0 aliphatic heterocycles. The van der Waals surface area contributed by atoms with Crippen molar-refractivity contribution in [3.05, 3.63) is 65.6 Å². The van der Waals surface area contributed by atoms with Crippen molar-refractivity contribution in [1.29, 1.82) is 0 Å². The summed E-state index contributed by atoms with van der Waals surface area (Å²) in [5.74, 6) is -0.509. The third-order valence-corrected chi connectivity index (χ3v) is 3.83. The summed E-state index contributed by atoms with van der Waals surface area (Å²) < 4.78 is 1.79. The van der Waals surface area contributed by atoms with E-state index in [1.807, 2.05) is 12.3 Å². The normalized spacial score (nSPS) is 10.7. The molecule has 1 amide bonds. The summed E-state index contributed by atoms with van der Waals surface area (Å²) in [4.78, 5) is 15.3. The van der Waals surface area contributed by atoms with E-state index >= 15 is 0 Å². The summed E-state index contributed by atoms with van der Waals surface area (Å²) >= 11 is 0. The van der Waals surface area contributed by atoms with Crippen LogP contribution >= 0.6 is 0 Å². The molecule has 0 aliphatic carbocycles. The number of hydrogen-bond donors (Lipinski definition) is 1. The Bertz CT molecular complexity index is 856. The smallest absolute Gasteiger partial charge is 0.250 e. The van der Waals surface area contributed by atoms with Crippen LogP contribution in [0.1, 0.15) is 34.8 Å². The van der Waals surface area contributed by atoms with Crippen LogP contribution in [0.25, 0.3) is 11.3 Å². The highest BCUT2D eigenvalue weighted by Crippen LogP contribution is 2.18. The van der Waals surface area contributed by atoms with Crippen molar-refractivity contribution in [3.8, 4) is 11.3 Å². The Morgan fingerprint density at radius 2 is 2.00 bits per heavy atom. The first kappa shape index (κ1) is 15.9. The largest absolute Gasteiger partial charge is 0.366 e. The molecular weight excluding hydrogens is 302 g/mol. The molecule has 2 aromatic heterocycles. The Hall–Kier alpha value is -3.02. The predicted octanol–water partition coefficient (Wildman–Crippen LogP) is 2.44. The fourth-order valence-electron chi connectivity index (χ4n) is 2.62. The summed E-state index contributed by atoms with van der Waals surface area (Å²) in [6.45, 7) is 2.83. The van der Waals surface area contributed by atoms with Gasteiger partial charge in [-0.15, -0.1) is 5.10 Å². The maximum absolute atomic E-state index is 11.3. The van der Waals surface area contributed by atoms with Crippen LogP contribution in [0.3, 0.4) is 0 Å². The van der Waals surface area contributed by atoms with Gasteiger partial charge in [-0.3, -0.25) is 9.78 Å². The highest BCUT2D eigenvalue weighted by Gasteiger charge is 2.09. The number of pyridine rings is 1. The van der Waals surface area contributed by atoms with Crippen LogP contribution in [-0.2, 0) is 13.0 Å². The minimum atomic E-state index is -0.509. The molecule has 0 saturated carbocycles. The molecule has 3 rings (SSSR count). The molecule has 0 unspecified atom stereocenters. The number of rotatable bonds is 6. The second-order valence-corrected chi connectivity index (χ2v) is 5.65. The van der Waals surface area contributed by atoms with E-state index in [-0.39, 0.29) is 0 Å². The van der Waals surface area contributed by atoms with Crippen LogP contribution in [-0.4, -0.2) is 25.9 Å². The maximum atomic E-state index is 11.3. The molecule has 0 spiro atoms. The number of carbonyl (C=O) groups excluding carboxylic acids is 1. The number of nitrogens with two attached hydrogens (primary N) is 1. The lowest BCUT2D eigenvalue weighted by molar-refractivity contribution is 0.1000. The summed E-state index contributed by atoms with van der Waals surface area (Å²) in [6, 6.07) is 10.0. The number of primary amides is 1. The molecule has 0 radical (unpaired) electrons. The fraction of sp³-hybridized carbons (Fsp3) is 0.222. The van der Waals surface area contributed by atoms with Gasteiger partial charge in [-0.1, -0.05) is 42.8 Å². The first-order chi connectivity index (χ1) is 11.7. The second-order valence-electron chi connectivity index (χ2n) is 5.65. The fourth-order valence-corrected chi connectivity index (χ4v) is 2.62. The maximum Gasteiger partial charge on any atom is 0.250 e. The van der Waals surface area contributed by atoms with Gasteiger partial charge in [0.05, 0.1) is 18.3 Å². The lowest BCUT2D eigenvalue weighted by Crippen LogP contribution is -2.11. The van der Waals surface area contributed by atoms with Crippen LogP contribution in [0, 0.1) is 0 Å². The molecule has 1 aromatic carbocycles. The zero-order chi connectivity index (χ0) is 16.9. The third kappa shape index (κ3) is 3.48. The summed E-state index contributed by atoms with van der Waals surface area (Å²) in [5, 5.41) is 8.37. The molecule has 2 N–H and O–H groups in total. The van der Waals surface area contributed by atoms with E-state index in [9.17, 15) is 4.79 Å². The summed E-state index contributed by atoms with van der Waals surface area (Å²) in [7, 11) is 0. The van der Waals surface area contributed by atoms with Crippen molar-refractivity contribution >= 4 is 5.91 Å². The van der Waals surface area contributed by atoms with Crippen molar-refractivity contribution in [2.75, 3.05) is 0 Å². The van der Waals surface area contributed by atoms with Crippen LogP contribution in [0.2, 0.25) is 0 Å². The molecule has 6 heteroatoms. The van der Waals surface area contributed by atoms with Crippen molar-refractivity contribution < 1.29 is 4.79 Å². The van der Waals surface area contributed by atoms with Crippen LogP contribution in [0.4, 0.5) is 0 Å². The number of hydrogen-bond acceptors (Lipinski definition) is 4. The van der Waals surface area contributed by atoms with Gasteiger partial charge in [0.15, 0.2) is 0 Å². The molecule has 6 nitrogen and oxygen atoms in total. The van der Waals surface area contributed by atoms with E-state index in [2.05, 4.69) is 40.4 Å². The Kier molecular flexibility index (Phi) is 4.65. The van der Waals surface area contributed by atoms with Gasteiger partial charge in [0.2, 0.25) is 5.91 Å².